The highest BCUT2D eigenvalue weighted by molar-refractivity contribution is 7.92. The fourth-order valence-electron chi connectivity index (χ4n) is 3.12. The molecule has 7 nitrogen and oxygen atoms in total. The van der Waals surface area contributed by atoms with Crippen LogP contribution in [0.1, 0.15) is 0 Å². The number of likely N-dealkylation sites (N-methyl/N-ethyl adjacent to an activating group) is 1. The van der Waals surface area contributed by atoms with Crippen LogP contribution in [0.15, 0.2) is 41.3 Å². The quantitative estimate of drug-likeness (QED) is 0.624. The van der Waals surface area contributed by atoms with Crippen LogP contribution in [-0.2, 0) is 10.0 Å². The number of halogens is 4. The first-order valence-electron chi connectivity index (χ1n) is 9.08. The van der Waals surface area contributed by atoms with Gasteiger partial charge in [-0.05, 0) is 43.4 Å². The molecular formula is C19H23Cl2F2N3O4S. The lowest BCUT2D eigenvalue weighted by Crippen LogP contribution is -2.44. The zero-order valence-corrected chi connectivity index (χ0v) is 19.2. The van der Waals surface area contributed by atoms with Crippen molar-refractivity contribution in [3.05, 3.63) is 41.4 Å². The molecule has 0 atom stereocenters. The molecule has 1 fully saturated rings. The average molecular weight is 498 g/mol. The van der Waals surface area contributed by atoms with Gasteiger partial charge in [-0.3, -0.25) is 4.72 Å². The molecule has 12 heteroatoms. The van der Waals surface area contributed by atoms with E-state index in [0.717, 1.165) is 13.1 Å². The molecule has 0 amide bonds. The van der Waals surface area contributed by atoms with E-state index in [2.05, 4.69) is 14.4 Å². The molecular weight excluding hydrogens is 475 g/mol. The number of sulfonamides is 1. The van der Waals surface area contributed by atoms with Gasteiger partial charge in [-0.2, -0.15) is 8.78 Å². The lowest BCUT2D eigenvalue weighted by molar-refractivity contribution is -0.0493. The summed E-state index contributed by atoms with van der Waals surface area (Å²) in [7, 11) is -0.579. The molecule has 0 spiro atoms. The summed E-state index contributed by atoms with van der Waals surface area (Å²) < 4.78 is 63.4. The Labute approximate surface area is 191 Å². The number of ether oxygens (including phenoxy) is 2. The predicted molar refractivity (Wildman–Crippen MR) is 119 cm³/mol. The van der Waals surface area contributed by atoms with Crippen molar-refractivity contribution >= 4 is 45.4 Å². The van der Waals surface area contributed by atoms with Crippen LogP contribution < -0.4 is 19.1 Å². The van der Waals surface area contributed by atoms with Crippen molar-refractivity contribution in [2.75, 3.05) is 50.0 Å². The number of rotatable bonds is 7. The Bertz CT molecular complexity index is 1000. The van der Waals surface area contributed by atoms with Crippen LogP contribution in [0.2, 0.25) is 5.02 Å². The molecule has 2 aromatic carbocycles. The van der Waals surface area contributed by atoms with Crippen LogP contribution in [0.25, 0.3) is 0 Å². The van der Waals surface area contributed by atoms with Crippen LogP contribution in [0.4, 0.5) is 20.2 Å². The van der Waals surface area contributed by atoms with Crippen molar-refractivity contribution in [2.45, 2.75) is 11.5 Å². The lowest BCUT2D eigenvalue weighted by Gasteiger charge is -2.34. The zero-order valence-electron chi connectivity index (χ0n) is 16.8. The number of nitrogens with zero attached hydrogens (tertiary/aromatic N) is 2. The number of benzene rings is 2. The Morgan fingerprint density at radius 3 is 2.32 bits per heavy atom. The monoisotopic (exact) mass is 497 g/mol. The number of piperazine rings is 1. The van der Waals surface area contributed by atoms with Crippen molar-refractivity contribution in [1.29, 1.82) is 0 Å². The molecule has 0 aliphatic carbocycles. The fourth-order valence-corrected chi connectivity index (χ4v) is 4.37. The zero-order chi connectivity index (χ0) is 21.9. The van der Waals surface area contributed by atoms with Gasteiger partial charge in [0, 0.05) is 31.2 Å². The third kappa shape index (κ3) is 6.25. The molecule has 2 aromatic rings. The van der Waals surface area contributed by atoms with E-state index in [1.807, 2.05) is 11.9 Å². The first-order valence-corrected chi connectivity index (χ1v) is 10.9. The Morgan fingerprint density at radius 2 is 1.71 bits per heavy atom. The number of alkyl halides is 2. The van der Waals surface area contributed by atoms with Crippen LogP contribution in [0, 0.1) is 0 Å². The predicted octanol–water partition coefficient (Wildman–Crippen LogP) is 3.92. The van der Waals surface area contributed by atoms with E-state index in [1.165, 1.54) is 37.4 Å². The number of hydrogen-bond acceptors (Lipinski definition) is 6. The lowest BCUT2D eigenvalue weighted by atomic mass is 10.2. The second kappa shape index (κ2) is 10.5. The molecule has 0 unspecified atom stereocenters. The normalized spacial score (nSPS) is 14.8. The molecule has 31 heavy (non-hydrogen) atoms. The Kier molecular flexibility index (Phi) is 8.58. The molecule has 1 heterocycles. The molecule has 0 aromatic heterocycles. The largest absolute Gasteiger partial charge is 0.495 e. The van der Waals surface area contributed by atoms with Gasteiger partial charge < -0.3 is 19.3 Å². The maximum absolute atomic E-state index is 13.0. The van der Waals surface area contributed by atoms with Crippen molar-refractivity contribution in [1.82, 2.24) is 4.90 Å². The van der Waals surface area contributed by atoms with Gasteiger partial charge in [0.15, 0.2) is 0 Å². The van der Waals surface area contributed by atoms with Gasteiger partial charge in [-0.25, -0.2) is 8.42 Å². The molecule has 1 N–H and O–H groups in total. The van der Waals surface area contributed by atoms with Gasteiger partial charge in [0.25, 0.3) is 10.0 Å². The molecule has 172 valence electrons. The van der Waals surface area contributed by atoms with Crippen molar-refractivity contribution in [3.63, 3.8) is 0 Å². The number of anilines is 2. The highest BCUT2D eigenvalue weighted by Crippen LogP contribution is 2.34. The smallest absolute Gasteiger partial charge is 0.387 e. The fraction of sp³-hybridized carbons (Fsp3) is 0.368. The van der Waals surface area contributed by atoms with Crippen molar-refractivity contribution in [3.8, 4) is 11.5 Å². The molecule has 1 aliphatic heterocycles. The third-order valence-corrected chi connectivity index (χ3v) is 6.30. The summed E-state index contributed by atoms with van der Waals surface area (Å²) in [5.74, 6) is 0.216. The van der Waals surface area contributed by atoms with Gasteiger partial charge in [-0.15, -0.1) is 12.4 Å². The minimum absolute atomic E-state index is 0. The number of methoxy groups -OCH3 is 1. The standard InChI is InChI=1S/C19H22ClF2N3O4S.ClH/c1-24-7-9-25(10-8-24)16-12-14(4-6-18(16)28-2)30(26,27)23-15-11-13(20)3-5-17(15)29-19(21)22;/h3-6,11-12,19,23H,7-10H2,1-2H3;1H. The first-order chi connectivity index (χ1) is 14.2. The van der Waals surface area contributed by atoms with Gasteiger partial charge >= 0.3 is 6.61 Å². The van der Waals surface area contributed by atoms with E-state index in [9.17, 15) is 17.2 Å². The summed E-state index contributed by atoms with van der Waals surface area (Å²) in [6.45, 7) is -0.0291. The van der Waals surface area contributed by atoms with E-state index in [1.54, 1.807) is 6.07 Å². The highest BCUT2D eigenvalue weighted by Gasteiger charge is 2.23. The van der Waals surface area contributed by atoms with Crippen LogP contribution >= 0.6 is 24.0 Å². The topological polar surface area (TPSA) is 71.1 Å². The van der Waals surface area contributed by atoms with Gasteiger partial charge in [0.1, 0.15) is 11.5 Å². The van der Waals surface area contributed by atoms with Crippen molar-refractivity contribution < 1.29 is 26.7 Å². The molecule has 1 aliphatic rings. The minimum atomic E-state index is -4.11. The summed E-state index contributed by atoms with van der Waals surface area (Å²) in [4.78, 5) is 4.18. The van der Waals surface area contributed by atoms with E-state index in [4.69, 9.17) is 16.3 Å². The van der Waals surface area contributed by atoms with Gasteiger partial charge in [0.05, 0.1) is 23.4 Å². The van der Waals surface area contributed by atoms with Crippen LogP contribution in [-0.4, -0.2) is 60.3 Å². The van der Waals surface area contributed by atoms with Gasteiger partial charge in [0.2, 0.25) is 0 Å². The highest BCUT2D eigenvalue weighted by atomic mass is 35.5. The molecule has 0 bridgehead atoms. The summed E-state index contributed by atoms with van der Waals surface area (Å²) in [6, 6.07) is 8.17. The van der Waals surface area contributed by atoms with E-state index in [-0.39, 0.29) is 33.8 Å². The summed E-state index contributed by atoms with van der Waals surface area (Å²) in [5.41, 5.74) is 0.461. The second-order valence-corrected chi connectivity index (χ2v) is 8.87. The van der Waals surface area contributed by atoms with Crippen LogP contribution in [0.5, 0.6) is 11.5 Å². The van der Waals surface area contributed by atoms with E-state index in [0.29, 0.717) is 24.5 Å². The summed E-state index contributed by atoms with van der Waals surface area (Å²) in [6.07, 6.45) is 0. The Morgan fingerprint density at radius 1 is 1.06 bits per heavy atom. The third-order valence-electron chi connectivity index (χ3n) is 4.71. The SMILES string of the molecule is COc1ccc(S(=O)(=O)Nc2cc(Cl)ccc2OC(F)F)cc1N1CCN(C)CC1.Cl. The Hall–Kier alpha value is -2.01. The second-order valence-electron chi connectivity index (χ2n) is 6.75. The Balaban J connectivity index is 0.00000341. The number of nitrogens with one attached hydrogen (secondary N) is 1. The molecule has 0 saturated carbocycles. The summed E-state index contributed by atoms with van der Waals surface area (Å²) >= 11 is 5.90. The van der Waals surface area contributed by atoms with Gasteiger partial charge in [-0.1, -0.05) is 11.6 Å². The number of hydrogen-bond donors (Lipinski definition) is 1. The first kappa shape index (κ1) is 25.3. The van der Waals surface area contributed by atoms with E-state index < -0.39 is 16.6 Å². The summed E-state index contributed by atoms with van der Waals surface area (Å²) in [5, 5.41) is 0.169. The molecule has 0 radical (unpaired) electrons. The molecule has 1 saturated heterocycles. The maximum Gasteiger partial charge on any atom is 0.387 e. The van der Waals surface area contributed by atoms with Crippen molar-refractivity contribution in [2.24, 2.45) is 0 Å². The van der Waals surface area contributed by atoms with Crippen LogP contribution in [0.3, 0.4) is 0 Å². The maximum atomic E-state index is 13.0. The minimum Gasteiger partial charge on any atom is -0.495 e. The van der Waals surface area contributed by atoms with E-state index >= 15 is 0 Å². The molecule has 3 rings (SSSR count). The average Bonchev–Trinajstić information content (AvgIpc) is 2.69.